The van der Waals surface area contributed by atoms with Crippen molar-refractivity contribution in [3.05, 3.63) is 107 Å². The van der Waals surface area contributed by atoms with Crippen LogP contribution in [0.3, 0.4) is 0 Å². The molecule has 8 nitrogen and oxygen atoms in total. The lowest BCUT2D eigenvalue weighted by Crippen LogP contribution is -2.39. The molecule has 1 saturated heterocycles. The van der Waals surface area contributed by atoms with E-state index >= 15 is 0 Å². The topological polar surface area (TPSA) is 89.4 Å². The zero-order chi connectivity index (χ0) is 27.2. The van der Waals surface area contributed by atoms with Crippen LogP contribution in [0.25, 0.3) is 0 Å². The number of halogens is 1. The Morgan fingerprint density at radius 3 is 2.54 bits per heavy atom. The van der Waals surface area contributed by atoms with Crippen LogP contribution in [-0.4, -0.2) is 51.7 Å². The van der Waals surface area contributed by atoms with Crippen LogP contribution in [0.2, 0.25) is 0 Å². The lowest BCUT2D eigenvalue weighted by atomic mass is 10.0. The van der Waals surface area contributed by atoms with E-state index in [1.165, 1.54) is 19.2 Å². The lowest BCUT2D eigenvalue weighted by Gasteiger charge is -2.32. The van der Waals surface area contributed by atoms with Crippen molar-refractivity contribution < 1.29 is 18.7 Å². The fourth-order valence-electron chi connectivity index (χ4n) is 4.85. The zero-order valence-electron chi connectivity index (χ0n) is 21.7. The minimum absolute atomic E-state index is 0.00545. The third-order valence-electron chi connectivity index (χ3n) is 6.81. The van der Waals surface area contributed by atoms with Crippen molar-refractivity contribution in [3.8, 4) is 5.88 Å². The summed E-state index contributed by atoms with van der Waals surface area (Å²) < 4.78 is 20.5. The molecule has 4 aromatic rings. The number of rotatable bonds is 8. The number of piperidine rings is 1. The second-order valence-corrected chi connectivity index (χ2v) is 9.64. The summed E-state index contributed by atoms with van der Waals surface area (Å²) in [5.41, 5.74) is 3.71. The van der Waals surface area contributed by atoms with E-state index in [0.717, 1.165) is 24.0 Å². The van der Waals surface area contributed by atoms with Gasteiger partial charge in [0.15, 0.2) is 0 Å². The number of likely N-dealkylation sites (tertiary alicyclic amines) is 1. The fraction of sp³-hybridized carbons (Fsp3) is 0.267. The summed E-state index contributed by atoms with van der Waals surface area (Å²) in [6, 6.07) is 19.5. The number of pyridine rings is 1. The third kappa shape index (κ3) is 6.67. The van der Waals surface area contributed by atoms with Gasteiger partial charge in [0.1, 0.15) is 5.82 Å². The van der Waals surface area contributed by atoms with E-state index in [4.69, 9.17) is 4.74 Å². The highest BCUT2D eigenvalue weighted by atomic mass is 19.1. The maximum Gasteiger partial charge on any atom is 0.253 e. The number of anilines is 1. The number of carbonyl (C=O) groups is 2. The molecule has 0 radical (unpaired) electrons. The minimum atomic E-state index is -0.264. The smallest absolute Gasteiger partial charge is 0.253 e. The summed E-state index contributed by atoms with van der Waals surface area (Å²) in [6.45, 7) is 1.22. The van der Waals surface area contributed by atoms with Crippen molar-refractivity contribution in [1.29, 1.82) is 0 Å². The van der Waals surface area contributed by atoms with Crippen LogP contribution < -0.4 is 10.1 Å². The molecule has 3 heterocycles. The number of benzene rings is 2. The van der Waals surface area contributed by atoms with E-state index in [-0.39, 0.29) is 30.1 Å². The standard InChI is InChI=1S/C30H30FN5O3/c1-39-29-10-4-9-25(34-29)18-28(37)33-26-19-32-36(20-26)27-11-13-35(14-12-27)30(38)23-7-2-5-21(16-23)15-22-6-3-8-24(31)17-22/h2-10,16-17,19-20,27H,11-15,18H2,1H3,(H,33,37). The van der Waals surface area contributed by atoms with Gasteiger partial charge in [-0.1, -0.05) is 30.3 Å². The first-order valence-corrected chi connectivity index (χ1v) is 12.9. The van der Waals surface area contributed by atoms with Crippen molar-refractivity contribution >= 4 is 17.5 Å². The summed E-state index contributed by atoms with van der Waals surface area (Å²) in [6.07, 6.45) is 5.68. The Kier molecular flexibility index (Phi) is 7.96. The van der Waals surface area contributed by atoms with E-state index in [1.54, 1.807) is 30.5 Å². The van der Waals surface area contributed by atoms with Gasteiger partial charge < -0.3 is 15.0 Å². The molecule has 1 fully saturated rings. The lowest BCUT2D eigenvalue weighted by molar-refractivity contribution is -0.115. The van der Waals surface area contributed by atoms with Crippen molar-refractivity contribution in [2.45, 2.75) is 31.7 Å². The van der Waals surface area contributed by atoms with Crippen LogP contribution in [-0.2, 0) is 17.6 Å². The van der Waals surface area contributed by atoms with Crippen LogP contribution in [0.1, 0.15) is 46.1 Å². The molecule has 0 spiro atoms. The van der Waals surface area contributed by atoms with Gasteiger partial charge in [-0.3, -0.25) is 14.3 Å². The van der Waals surface area contributed by atoms with Gasteiger partial charge in [0.2, 0.25) is 11.8 Å². The van der Waals surface area contributed by atoms with Gasteiger partial charge >= 0.3 is 0 Å². The highest BCUT2D eigenvalue weighted by molar-refractivity contribution is 5.94. The Morgan fingerprint density at radius 1 is 1.03 bits per heavy atom. The van der Waals surface area contributed by atoms with Gasteiger partial charge in [-0.05, 0) is 60.7 Å². The van der Waals surface area contributed by atoms with Gasteiger partial charge in [0, 0.05) is 30.9 Å². The molecule has 0 saturated carbocycles. The summed E-state index contributed by atoms with van der Waals surface area (Å²) in [5.74, 6) is 0.0128. The Bertz CT molecular complexity index is 1460. The molecule has 1 N–H and O–H groups in total. The number of hydrogen-bond acceptors (Lipinski definition) is 5. The van der Waals surface area contributed by atoms with E-state index in [2.05, 4.69) is 15.4 Å². The normalized spacial score (nSPS) is 13.7. The van der Waals surface area contributed by atoms with Crippen LogP contribution in [0.4, 0.5) is 10.1 Å². The number of nitrogens with one attached hydrogen (secondary N) is 1. The SMILES string of the molecule is COc1cccc(CC(=O)Nc2cnn(C3CCN(C(=O)c4cccc(Cc5cccc(F)c5)c4)CC3)c2)n1. The molecule has 2 aromatic carbocycles. The second-order valence-electron chi connectivity index (χ2n) is 9.64. The van der Waals surface area contributed by atoms with Crippen molar-refractivity contribution in [1.82, 2.24) is 19.7 Å². The molecular weight excluding hydrogens is 497 g/mol. The fourth-order valence-corrected chi connectivity index (χ4v) is 4.85. The molecule has 2 amide bonds. The molecule has 2 aromatic heterocycles. The molecule has 39 heavy (non-hydrogen) atoms. The van der Waals surface area contributed by atoms with Crippen molar-refractivity contribution in [3.63, 3.8) is 0 Å². The molecule has 9 heteroatoms. The largest absolute Gasteiger partial charge is 0.481 e. The van der Waals surface area contributed by atoms with Crippen LogP contribution >= 0.6 is 0 Å². The highest BCUT2D eigenvalue weighted by Crippen LogP contribution is 2.25. The number of carbonyl (C=O) groups excluding carboxylic acids is 2. The molecule has 200 valence electrons. The average Bonchev–Trinajstić information content (AvgIpc) is 3.41. The summed E-state index contributed by atoms with van der Waals surface area (Å²) in [5, 5.41) is 7.32. The van der Waals surface area contributed by atoms with Crippen molar-refractivity contribution in [2.75, 3.05) is 25.5 Å². The Labute approximate surface area is 226 Å². The van der Waals surface area contributed by atoms with Gasteiger partial charge in [-0.15, -0.1) is 0 Å². The Balaban J connectivity index is 1.14. The average molecular weight is 528 g/mol. The first-order valence-electron chi connectivity index (χ1n) is 12.9. The molecule has 0 aliphatic carbocycles. The Hall–Kier alpha value is -4.53. The maximum absolute atomic E-state index is 13.5. The van der Waals surface area contributed by atoms with E-state index < -0.39 is 0 Å². The van der Waals surface area contributed by atoms with E-state index in [0.29, 0.717) is 42.3 Å². The molecule has 0 atom stereocenters. The quantitative estimate of drug-likeness (QED) is 0.360. The van der Waals surface area contributed by atoms with Gasteiger partial charge in [0.25, 0.3) is 5.91 Å². The molecule has 0 unspecified atom stereocenters. The second kappa shape index (κ2) is 11.9. The minimum Gasteiger partial charge on any atom is -0.481 e. The van der Waals surface area contributed by atoms with Gasteiger partial charge in [-0.25, -0.2) is 9.37 Å². The van der Waals surface area contributed by atoms with E-state index in [9.17, 15) is 14.0 Å². The first-order chi connectivity index (χ1) is 19.0. The van der Waals surface area contributed by atoms with Gasteiger partial charge in [-0.2, -0.15) is 5.10 Å². The number of methoxy groups -OCH3 is 1. The number of ether oxygens (including phenoxy) is 1. The van der Waals surface area contributed by atoms with Gasteiger partial charge in [0.05, 0.1) is 37.2 Å². The number of amides is 2. The molecule has 1 aliphatic rings. The molecular formula is C30H30FN5O3. The van der Waals surface area contributed by atoms with E-state index in [1.807, 2.05) is 46.1 Å². The first kappa shape index (κ1) is 26.1. The number of nitrogens with zero attached hydrogens (tertiary/aromatic N) is 4. The Morgan fingerprint density at radius 2 is 1.77 bits per heavy atom. The summed E-state index contributed by atoms with van der Waals surface area (Å²) in [4.78, 5) is 31.8. The van der Waals surface area contributed by atoms with Crippen molar-refractivity contribution in [2.24, 2.45) is 0 Å². The van der Waals surface area contributed by atoms with Crippen LogP contribution in [0.15, 0.2) is 79.1 Å². The molecule has 1 aliphatic heterocycles. The summed E-state index contributed by atoms with van der Waals surface area (Å²) in [7, 11) is 1.54. The summed E-state index contributed by atoms with van der Waals surface area (Å²) >= 11 is 0. The molecule has 5 rings (SSSR count). The maximum atomic E-state index is 13.5. The predicted molar refractivity (Wildman–Crippen MR) is 145 cm³/mol. The number of aromatic nitrogens is 3. The molecule has 0 bridgehead atoms. The number of hydrogen-bond donors (Lipinski definition) is 1. The van der Waals surface area contributed by atoms with Crippen LogP contribution in [0, 0.1) is 5.82 Å². The monoisotopic (exact) mass is 527 g/mol. The predicted octanol–water partition coefficient (Wildman–Crippen LogP) is 4.68. The third-order valence-corrected chi connectivity index (χ3v) is 6.81. The highest BCUT2D eigenvalue weighted by Gasteiger charge is 2.25. The van der Waals surface area contributed by atoms with Crippen LogP contribution in [0.5, 0.6) is 5.88 Å². The zero-order valence-corrected chi connectivity index (χ0v) is 21.7.